The number of anilines is 1. The highest BCUT2D eigenvalue weighted by Crippen LogP contribution is 2.18. The quantitative estimate of drug-likeness (QED) is 0.589. The number of amides is 1. The fourth-order valence-electron chi connectivity index (χ4n) is 2.72. The Morgan fingerprint density at radius 2 is 1.82 bits per heavy atom. The predicted molar refractivity (Wildman–Crippen MR) is 97.7 cm³/mol. The number of aromatic nitrogens is 4. The molecule has 1 N–H and O–H groups in total. The first-order valence-corrected chi connectivity index (χ1v) is 8.26. The molecule has 9 heteroatoms. The van der Waals surface area contributed by atoms with Crippen LogP contribution in [0.4, 0.5) is 14.5 Å². The molecule has 2 heterocycles. The summed E-state index contributed by atoms with van der Waals surface area (Å²) in [6, 6.07) is 12.7. The van der Waals surface area contributed by atoms with Crippen molar-refractivity contribution in [2.45, 2.75) is 6.54 Å². The number of halogens is 2. The Balaban J connectivity index is 1.60. The van der Waals surface area contributed by atoms with E-state index in [-0.39, 0.29) is 23.6 Å². The number of rotatable bonds is 4. The fraction of sp³-hybridized carbons (Fsp3) is 0.0526. The van der Waals surface area contributed by atoms with Gasteiger partial charge in [-0.15, -0.1) is 0 Å². The molecule has 0 fully saturated rings. The van der Waals surface area contributed by atoms with Gasteiger partial charge >= 0.3 is 0 Å². The van der Waals surface area contributed by atoms with Crippen molar-refractivity contribution in [1.29, 1.82) is 0 Å². The molecule has 0 spiro atoms. The topological polar surface area (TPSA) is 81.3 Å². The lowest BCUT2D eigenvalue weighted by molar-refractivity contribution is -0.117. The van der Waals surface area contributed by atoms with Crippen LogP contribution in [-0.4, -0.2) is 25.3 Å². The SMILES string of the molecule is O=C(Cn1ncn2nc(-c3ccc(F)cc3)cc2c1=O)Nc1cccc(F)c1. The first kappa shape index (κ1) is 17.5. The Kier molecular flexibility index (Phi) is 4.40. The van der Waals surface area contributed by atoms with E-state index in [0.717, 1.165) is 4.68 Å². The van der Waals surface area contributed by atoms with Gasteiger partial charge in [0.1, 0.15) is 30.0 Å². The molecular formula is C19H13F2N5O2. The minimum absolute atomic E-state index is 0.216. The Hall–Kier alpha value is -3.88. The lowest BCUT2D eigenvalue weighted by Crippen LogP contribution is -2.30. The number of nitrogens with zero attached hydrogens (tertiary/aromatic N) is 4. The maximum Gasteiger partial charge on any atom is 0.293 e. The van der Waals surface area contributed by atoms with Crippen LogP contribution in [0.25, 0.3) is 16.8 Å². The van der Waals surface area contributed by atoms with E-state index in [0.29, 0.717) is 11.3 Å². The third kappa shape index (κ3) is 3.50. The summed E-state index contributed by atoms with van der Waals surface area (Å²) in [4.78, 5) is 24.8. The standard InChI is InChI=1S/C19H13F2N5O2/c20-13-6-4-12(5-7-13)16-9-17-19(28)25(22-11-26(17)24-16)10-18(27)23-15-3-1-2-14(21)8-15/h1-9,11H,10H2,(H,23,27). The smallest absolute Gasteiger partial charge is 0.293 e. The van der Waals surface area contributed by atoms with Gasteiger partial charge in [-0.05, 0) is 48.5 Å². The van der Waals surface area contributed by atoms with Gasteiger partial charge in [0.05, 0.1) is 5.69 Å². The van der Waals surface area contributed by atoms with E-state index < -0.39 is 17.3 Å². The molecule has 28 heavy (non-hydrogen) atoms. The van der Waals surface area contributed by atoms with E-state index in [4.69, 9.17) is 0 Å². The summed E-state index contributed by atoms with van der Waals surface area (Å²) >= 11 is 0. The van der Waals surface area contributed by atoms with Crippen LogP contribution in [0.1, 0.15) is 0 Å². The molecule has 0 saturated heterocycles. The molecule has 0 aliphatic heterocycles. The van der Waals surface area contributed by atoms with Crippen molar-refractivity contribution < 1.29 is 13.6 Å². The normalized spacial score (nSPS) is 10.9. The number of nitrogens with one attached hydrogen (secondary N) is 1. The Bertz CT molecular complexity index is 1230. The number of carbonyl (C=O) groups is 1. The lowest BCUT2D eigenvalue weighted by Gasteiger charge is -2.06. The fourth-order valence-corrected chi connectivity index (χ4v) is 2.72. The lowest BCUT2D eigenvalue weighted by atomic mass is 10.1. The molecule has 2 aromatic heterocycles. The Morgan fingerprint density at radius 1 is 1.04 bits per heavy atom. The molecule has 0 bridgehead atoms. The maximum atomic E-state index is 13.2. The summed E-state index contributed by atoms with van der Waals surface area (Å²) in [6.07, 6.45) is 1.30. The summed E-state index contributed by atoms with van der Waals surface area (Å²) in [7, 11) is 0. The number of fused-ring (bicyclic) bond motifs is 1. The maximum absolute atomic E-state index is 13.2. The highest BCUT2D eigenvalue weighted by molar-refractivity contribution is 5.90. The molecule has 0 unspecified atom stereocenters. The van der Waals surface area contributed by atoms with Gasteiger partial charge in [-0.2, -0.15) is 10.2 Å². The number of benzene rings is 2. The molecule has 7 nitrogen and oxygen atoms in total. The van der Waals surface area contributed by atoms with E-state index in [1.54, 1.807) is 12.1 Å². The second-order valence-corrected chi connectivity index (χ2v) is 6.02. The largest absolute Gasteiger partial charge is 0.324 e. The summed E-state index contributed by atoms with van der Waals surface area (Å²) in [5, 5.41) is 10.7. The van der Waals surface area contributed by atoms with Crippen LogP contribution in [-0.2, 0) is 11.3 Å². The Morgan fingerprint density at radius 3 is 2.57 bits per heavy atom. The van der Waals surface area contributed by atoms with E-state index in [2.05, 4.69) is 15.5 Å². The molecule has 0 atom stereocenters. The van der Waals surface area contributed by atoms with Crippen LogP contribution in [0, 0.1) is 11.6 Å². The van der Waals surface area contributed by atoms with Gasteiger partial charge in [0, 0.05) is 11.3 Å². The van der Waals surface area contributed by atoms with Crippen molar-refractivity contribution in [2.75, 3.05) is 5.32 Å². The van der Waals surface area contributed by atoms with Gasteiger partial charge in [-0.1, -0.05) is 6.07 Å². The van der Waals surface area contributed by atoms with Crippen molar-refractivity contribution >= 4 is 17.1 Å². The van der Waals surface area contributed by atoms with E-state index in [9.17, 15) is 18.4 Å². The number of carbonyl (C=O) groups excluding carboxylic acids is 1. The third-order valence-corrected chi connectivity index (χ3v) is 4.03. The molecule has 4 aromatic rings. The zero-order chi connectivity index (χ0) is 19.7. The van der Waals surface area contributed by atoms with Crippen molar-refractivity contribution in [3.05, 3.63) is 82.9 Å². The minimum Gasteiger partial charge on any atom is -0.324 e. The molecule has 4 rings (SSSR count). The summed E-state index contributed by atoms with van der Waals surface area (Å²) in [6.45, 7) is -0.344. The van der Waals surface area contributed by atoms with Crippen molar-refractivity contribution in [3.8, 4) is 11.3 Å². The molecule has 0 saturated carbocycles. The van der Waals surface area contributed by atoms with Gasteiger partial charge in [-0.3, -0.25) is 9.59 Å². The van der Waals surface area contributed by atoms with Gasteiger partial charge in [0.2, 0.25) is 5.91 Å². The first-order valence-electron chi connectivity index (χ1n) is 8.26. The minimum atomic E-state index is -0.525. The average molecular weight is 381 g/mol. The van der Waals surface area contributed by atoms with Crippen molar-refractivity contribution in [2.24, 2.45) is 0 Å². The molecule has 0 aliphatic rings. The monoisotopic (exact) mass is 381 g/mol. The Labute approximate surface area is 156 Å². The highest BCUT2D eigenvalue weighted by atomic mass is 19.1. The second-order valence-electron chi connectivity index (χ2n) is 6.02. The third-order valence-electron chi connectivity index (χ3n) is 4.03. The first-order chi connectivity index (χ1) is 13.5. The van der Waals surface area contributed by atoms with Crippen LogP contribution < -0.4 is 10.9 Å². The molecule has 0 aliphatic carbocycles. The van der Waals surface area contributed by atoms with Crippen LogP contribution in [0.15, 0.2) is 65.7 Å². The molecular weight excluding hydrogens is 368 g/mol. The summed E-state index contributed by atoms with van der Waals surface area (Å²) in [5.74, 6) is -1.38. The highest BCUT2D eigenvalue weighted by Gasteiger charge is 2.12. The van der Waals surface area contributed by atoms with Crippen LogP contribution in [0.3, 0.4) is 0 Å². The van der Waals surface area contributed by atoms with Crippen molar-refractivity contribution in [3.63, 3.8) is 0 Å². The van der Waals surface area contributed by atoms with Crippen LogP contribution in [0.5, 0.6) is 0 Å². The van der Waals surface area contributed by atoms with E-state index in [1.807, 2.05) is 0 Å². The van der Waals surface area contributed by atoms with Crippen molar-refractivity contribution in [1.82, 2.24) is 19.4 Å². The zero-order valence-electron chi connectivity index (χ0n) is 14.3. The second kappa shape index (κ2) is 7.03. The molecule has 0 radical (unpaired) electrons. The van der Waals surface area contributed by atoms with Gasteiger partial charge in [0.15, 0.2) is 0 Å². The number of hydrogen-bond donors (Lipinski definition) is 1. The molecule has 2 aromatic carbocycles. The summed E-state index contributed by atoms with van der Waals surface area (Å²) in [5.41, 5.74) is 1.09. The predicted octanol–water partition coefficient (Wildman–Crippen LogP) is 2.47. The van der Waals surface area contributed by atoms with Gasteiger partial charge < -0.3 is 5.32 Å². The van der Waals surface area contributed by atoms with E-state index >= 15 is 0 Å². The average Bonchev–Trinajstić information content (AvgIpc) is 3.10. The van der Waals surface area contributed by atoms with Crippen LogP contribution in [0.2, 0.25) is 0 Å². The summed E-state index contributed by atoms with van der Waals surface area (Å²) < 4.78 is 28.6. The van der Waals surface area contributed by atoms with Crippen LogP contribution >= 0.6 is 0 Å². The zero-order valence-corrected chi connectivity index (χ0v) is 14.3. The molecule has 1 amide bonds. The van der Waals surface area contributed by atoms with E-state index in [1.165, 1.54) is 53.3 Å². The number of hydrogen-bond acceptors (Lipinski definition) is 4. The van der Waals surface area contributed by atoms with Gasteiger partial charge in [-0.25, -0.2) is 18.0 Å². The molecule has 140 valence electrons. The van der Waals surface area contributed by atoms with Gasteiger partial charge in [0.25, 0.3) is 5.56 Å².